The van der Waals surface area contributed by atoms with Crippen LogP contribution in [0.5, 0.6) is 5.75 Å². The molecule has 0 bridgehead atoms. The highest BCUT2D eigenvalue weighted by Crippen LogP contribution is 2.15. The Morgan fingerprint density at radius 1 is 1.05 bits per heavy atom. The van der Waals surface area contributed by atoms with E-state index >= 15 is 0 Å². The molecule has 0 aliphatic heterocycles. The second-order valence-electron chi connectivity index (χ2n) is 3.96. The Morgan fingerprint density at radius 3 is 2.32 bits per heavy atom. The maximum absolute atomic E-state index is 12.2. The Kier molecular flexibility index (Phi) is 4.52. The molecular weight excluding hydrogens is 280 g/mol. The van der Waals surface area contributed by atoms with Gasteiger partial charge in [0.25, 0.3) is 0 Å². The monoisotopic (exact) mass is 294 g/mol. The van der Waals surface area contributed by atoms with Crippen molar-refractivity contribution in [3.8, 4) is 5.75 Å². The van der Waals surface area contributed by atoms with Gasteiger partial charge in [0, 0.05) is 11.2 Å². The van der Waals surface area contributed by atoms with E-state index in [2.05, 4.69) is 0 Å². The molecule has 0 saturated carbocycles. The van der Waals surface area contributed by atoms with Crippen LogP contribution in [-0.2, 0) is 24.1 Å². The van der Waals surface area contributed by atoms with E-state index in [1.165, 1.54) is 0 Å². The van der Waals surface area contributed by atoms with Crippen LogP contribution in [-0.4, -0.2) is 11.0 Å². The van der Waals surface area contributed by atoms with Gasteiger partial charge in [0.05, 0.1) is 4.90 Å². The molecule has 0 amide bonds. The maximum atomic E-state index is 12.2. The lowest BCUT2D eigenvalue weighted by Gasteiger charge is -2.10. The van der Waals surface area contributed by atoms with Crippen LogP contribution in [0.4, 0.5) is 0 Å². The lowest BCUT2D eigenvalue weighted by Crippen LogP contribution is -2.10. The number of ether oxygens (including phenoxy) is 1. The molecular formula is C14H14O3S2. The van der Waals surface area contributed by atoms with Crippen LogP contribution >= 0.6 is 0 Å². The summed E-state index contributed by atoms with van der Waals surface area (Å²) >= 11 is 4.99. The first kappa shape index (κ1) is 14.0. The van der Waals surface area contributed by atoms with Gasteiger partial charge in [0.1, 0.15) is 5.75 Å². The van der Waals surface area contributed by atoms with E-state index < -0.39 is 8.77 Å². The van der Waals surface area contributed by atoms with Gasteiger partial charge in [-0.3, -0.25) is 0 Å². The minimum Gasteiger partial charge on any atom is -0.466 e. The molecule has 2 rings (SSSR count). The zero-order valence-electron chi connectivity index (χ0n) is 10.4. The number of rotatable bonds is 5. The van der Waals surface area contributed by atoms with Gasteiger partial charge in [-0.25, -0.2) is 8.39 Å². The molecule has 0 aliphatic rings. The normalized spacial score (nSPS) is 13.7. The Labute approximate surface area is 118 Å². The van der Waals surface area contributed by atoms with Crippen molar-refractivity contribution in [3.05, 3.63) is 60.2 Å². The van der Waals surface area contributed by atoms with E-state index in [1.54, 1.807) is 24.3 Å². The second kappa shape index (κ2) is 6.14. The van der Waals surface area contributed by atoms with Crippen LogP contribution in [0.1, 0.15) is 5.56 Å². The van der Waals surface area contributed by atoms with Crippen molar-refractivity contribution >= 4 is 20.0 Å². The molecule has 0 N–H and O–H groups in total. The Hall–Kier alpha value is -1.43. The first-order valence-corrected chi connectivity index (χ1v) is 8.13. The molecule has 0 fully saturated rings. The van der Waals surface area contributed by atoms with Crippen LogP contribution in [0.15, 0.2) is 59.5 Å². The van der Waals surface area contributed by atoms with Crippen LogP contribution < -0.4 is 4.74 Å². The van der Waals surface area contributed by atoms with E-state index in [-0.39, 0.29) is 6.79 Å². The molecule has 0 radical (unpaired) electrons. The van der Waals surface area contributed by atoms with Gasteiger partial charge in [-0.15, -0.1) is 0 Å². The van der Waals surface area contributed by atoms with Gasteiger partial charge in [-0.2, -0.15) is 0 Å². The van der Waals surface area contributed by atoms with Gasteiger partial charge in [0.2, 0.25) is 6.79 Å². The number of aryl methyl sites for hydroxylation is 1. The van der Waals surface area contributed by atoms with Crippen LogP contribution in [0.2, 0.25) is 0 Å². The summed E-state index contributed by atoms with van der Waals surface area (Å²) in [5.41, 5.74) is 1.08. The summed E-state index contributed by atoms with van der Waals surface area (Å²) in [4.78, 5) is 0.491. The summed E-state index contributed by atoms with van der Waals surface area (Å²) in [6.07, 6.45) is 0. The number of benzene rings is 2. The third-order valence-electron chi connectivity index (χ3n) is 2.48. The summed E-state index contributed by atoms with van der Waals surface area (Å²) in [5, 5.41) is 0. The van der Waals surface area contributed by atoms with Crippen LogP contribution in [0.25, 0.3) is 0 Å². The summed E-state index contributed by atoms with van der Waals surface area (Å²) in [7, 11) is -2.94. The van der Waals surface area contributed by atoms with Gasteiger partial charge in [-0.1, -0.05) is 35.9 Å². The van der Waals surface area contributed by atoms with Gasteiger partial charge in [-0.05, 0) is 31.2 Å². The molecule has 3 nitrogen and oxygen atoms in total. The number of hydrogen-bond acceptors (Lipinski definition) is 4. The molecule has 2 aromatic rings. The summed E-state index contributed by atoms with van der Waals surface area (Å²) in [6.45, 7) is 1.81. The minimum absolute atomic E-state index is 0.139. The van der Waals surface area contributed by atoms with E-state index in [1.807, 2.05) is 37.3 Å². The zero-order chi connectivity index (χ0) is 13.7. The molecule has 2 aromatic carbocycles. The van der Waals surface area contributed by atoms with E-state index in [4.69, 9.17) is 20.1 Å². The lowest BCUT2D eigenvalue weighted by atomic mass is 10.2. The Balaban J connectivity index is 1.97. The fourth-order valence-electron chi connectivity index (χ4n) is 1.45. The molecule has 1 atom stereocenters. The van der Waals surface area contributed by atoms with Gasteiger partial charge < -0.3 is 4.74 Å². The fraction of sp³-hybridized carbons (Fsp3) is 0.143. The fourth-order valence-corrected chi connectivity index (χ4v) is 2.68. The molecule has 0 aliphatic carbocycles. The molecule has 1 unspecified atom stereocenters. The highest BCUT2D eigenvalue weighted by Gasteiger charge is 2.10. The first-order valence-electron chi connectivity index (χ1n) is 5.72. The second-order valence-corrected chi connectivity index (χ2v) is 6.89. The van der Waals surface area contributed by atoms with Crippen LogP contribution in [0, 0.1) is 6.92 Å². The SMILES string of the molecule is Cc1ccc(S(=O)(=S)OCOc2ccccc2)cc1. The maximum Gasteiger partial charge on any atom is 0.204 e. The average Bonchev–Trinajstić information content (AvgIpc) is 2.40. The van der Waals surface area contributed by atoms with Crippen LogP contribution in [0.3, 0.4) is 0 Å². The van der Waals surface area contributed by atoms with Crippen molar-refractivity contribution in [1.29, 1.82) is 0 Å². The standard InChI is InChI=1S/C14H14O3S2/c1-12-7-9-14(10-8-12)19(15,18)17-11-16-13-5-3-2-4-6-13/h2-10H,11H2,1H3. The first-order chi connectivity index (χ1) is 9.08. The smallest absolute Gasteiger partial charge is 0.204 e. The van der Waals surface area contributed by atoms with E-state index in [9.17, 15) is 4.21 Å². The predicted octanol–water partition coefficient (Wildman–Crippen LogP) is 3.07. The summed E-state index contributed by atoms with van der Waals surface area (Å²) in [6, 6.07) is 16.3. The van der Waals surface area contributed by atoms with Crippen molar-refractivity contribution in [2.75, 3.05) is 6.79 Å². The molecule has 5 heteroatoms. The highest BCUT2D eigenvalue weighted by atomic mass is 32.8. The summed E-state index contributed by atoms with van der Waals surface area (Å²) < 4.78 is 22.7. The molecule has 19 heavy (non-hydrogen) atoms. The third kappa shape index (κ3) is 4.02. The molecule has 0 aromatic heterocycles. The lowest BCUT2D eigenvalue weighted by molar-refractivity contribution is 0.133. The Bertz CT molecular complexity index is 620. The Morgan fingerprint density at radius 2 is 1.68 bits per heavy atom. The van der Waals surface area contributed by atoms with E-state index in [0.29, 0.717) is 10.6 Å². The van der Waals surface area contributed by atoms with Crippen molar-refractivity contribution in [3.63, 3.8) is 0 Å². The zero-order valence-corrected chi connectivity index (χ0v) is 12.1. The average molecular weight is 294 g/mol. The van der Waals surface area contributed by atoms with Gasteiger partial charge in [0.15, 0.2) is 8.77 Å². The predicted molar refractivity (Wildman–Crippen MR) is 78.0 cm³/mol. The highest BCUT2D eigenvalue weighted by molar-refractivity contribution is 8.30. The quantitative estimate of drug-likeness (QED) is 0.794. The molecule has 0 saturated heterocycles. The number of para-hydroxylation sites is 1. The van der Waals surface area contributed by atoms with Crippen molar-refractivity contribution in [2.45, 2.75) is 11.8 Å². The topological polar surface area (TPSA) is 35.5 Å². The number of hydrogen-bond donors (Lipinski definition) is 0. The van der Waals surface area contributed by atoms with Crippen molar-refractivity contribution in [2.24, 2.45) is 0 Å². The molecule has 0 spiro atoms. The largest absolute Gasteiger partial charge is 0.466 e. The third-order valence-corrected chi connectivity index (χ3v) is 4.60. The van der Waals surface area contributed by atoms with Gasteiger partial charge >= 0.3 is 0 Å². The van der Waals surface area contributed by atoms with Crippen molar-refractivity contribution in [1.82, 2.24) is 0 Å². The molecule has 100 valence electrons. The van der Waals surface area contributed by atoms with E-state index in [0.717, 1.165) is 5.56 Å². The molecule has 0 heterocycles. The minimum atomic E-state index is -2.94. The summed E-state index contributed by atoms with van der Waals surface area (Å²) in [5.74, 6) is 0.650. The van der Waals surface area contributed by atoms with Crippen molar-refractivity contribution < 1.29 is 13.1 Å².